The van der Waals surface area contributed by atoms with Gasteiger partial charge in [-0.25, -0.2) is 9.59 Å². The SMILES string of the molecule is COC(=O)C1=CN(Cc2ccc(Cl)cc2)C=C(C(=O)OC)C1c1ccc(OC)c(O)c1. The van der Waals surface area contributed by atoms with E-state index in [1.807, 2.05) is 12.1 Å². The van der Waals surface area contributed by atoms with Gasteiger partial charge in [0.15, 0.2) is 11.5 Å². The summed E-state index contributed by atoms with van der Waals surface area (Å²) >= 11 is 5.95. The van der Waals surface area contributed by atoms with Gasteiger partial charge in [0.25, 0.3) is 0 Å². The van der Waals surface area contributed by atoms with Gasteiger partial charge in [0.2, 0.25) is 0 Å². The van der Waals surface area contributed by atoms with Crippen molar-refractivity contribution in [2.75, 3.05) is 21.3 Å². The van der Waals surface area contributed by atoms with Gasteiger partial charge in [-0.2, -0.15) is 0 Å². The van der Waals surface area contributed by atoms with Crippen LogP contribution in [0.4, 0.5) is 0 Å². The third-order valence-electron chi connectivity index (χ3n) is 4.89. The second-order valence-corrected chi connectivity index (χ2v) is 7.25. The average Bonchev–Trinajstić information content (AvgIpc) is 2.78. The van der Waals surface area contributed by atoms with Crippen LogP contribution in [0.3, 0.4) is 0 Å². The second kappa shape index (κ2) is 9.57. The van der Waals surface area contributed by atoms with E-state index < -0.39 is 17.9 Å². The highest BCUT2D eigenvalue weighted by atomic mass is 35.5. The van der Waals surface area contributed by atoms with Crippen LogP contribution >= 0.6 is 11.6 Å². The molecule has 0 unspecified atom stereocenters. The molecule has 1 heterocycles. The van der Waals surface area contributed by atoms with E-state index in [1.165, 1.54) is 27.4 Å². The molecule has 0 atom stereocenters. The summed E-state index contributed by atoms with van der Waals surface area (Å²) in [6.07, 6.45) is 3.25. The molecule has 2 aromatic rings. The zero-order chi connectivity index (χ0) is 22.5. The standard InChI is InChI=1S/C23H22ClNO6/c1-29-20-9-6-15(10-19(20)26)21-17(22(27)30-2)12-25(13-18(21)23(28)31-3)11-14-4-7-16(24)8-5-14/h4-10,12-13,21,26H,11H2,1-3H3. The number of esters is 2. The first-order chi connectivity index (χ1) is 14.9. The van der Waals surface area contributed by atoms with Gasteiger partial charge in [-0.15, -0.1) is 0 Å². The molecule has 7 nitrogen and oxygen atoms in total. The van der Waals surface area contributed by atoms with Crippen LogP contribution in [-0.2, 0) is 25.6 Å². The van der Waals surface area contributed by atoms with Gasteiger partial charge in [-0.3, -0.25) is 0 Å². The molecule has 0 fully saturated rings. The Bertz CT molecular complexity index is 1010. The number of hydrogen-bond acceptors (Lipinski definition) is 7. The Morgan fingerprint density at radius 1 is 0.968 bits per heavy atom. The highest BCUT2D eigenvalue weighted by Gasteiger charge is 2.35. The zero-order valence-corrected chi connectivity index (χ0v) is 18.1. The van der Waals surface area contributed by atoms with Crippen LogP contribution in [0.2, 0.25) is 5.02 Å². The zero-order valence-electron chi connectivity index (χ0n) is 17.3. The van der Waals surface area contributed by atoms with E-state index in [9.17, 15) is 14.7 Å². The third kappa shape index (κ3) is 4.83. The number of halogens is 1. The van der Waals surface area contributed by atoms with Gasteiger partial charge in [0.1, 0.15) is 0 Å². The molecule has 3 rings (SSSR count). The van der Waals surface area contributed by atoms with E-state index in [2.05, 4.69) is 0 Å². The Kier molecular flexibility index (Phi) is 6.87. The Morgan fingerprint density at radius 2 is 1.55 bits per heavy atom. The van der Waals surface area contributed by atoms with E-state index in [0.29, 0.717) is 17.1 Å². The van der Waals surface area contributed by atoms with Crippen molar-refractivity contribution >= 4 is 23.5 Å². The largest absolute Gasteiger partial charge is 0.504 e. The van der Waals surface area contributed by atoms with Crippen molar-refractivity contribution in [1.29, 1.82) is 0 Å². The van der Waals surface area contributed by atoms with Crippen LogP contribution in [0, 0.1) is 0 Å². The molecule has 31 heavy (non-hydrogen) atoms. The highest BCUT2D eigenvalue weighted by Crippen LogP contribution is 2.40. The molecule has 8 heteroatoms. The van der Waals surface area contributed by atoms with Crippen molar-refractivity contribution in [3.8, 4) is 11.5 Å². The molecule has 1 aliphatic rings. The van der Waals surface area contributed by atoms with Gasteiger partial charge in [-0.05, 0) is 35.4 Å². The monoisotopic (exact) mass is 443 g/mol. The summed E-state index contributed by atoms with van der Waals surface area (Å²) in [6, 6.07) is 11.9. The molecule has 0 spiro atoms. The van der Waals surface area contributed by atoms with Gasteiger partial charge in [0, 0.05) is 24.0 Å². The van der Waals surface area contributed by atoms with Crippen molar-refractivity contribution in [2.45, 2.75) is 12.5 Å². The van der Waals surface area contributed by atoms with Crippen molar-refractivity contribution in [2.24, 2.45) is 0 Å². The predicted octanol–water partition coefficient (Wildman–Crippen LogP) is 3.77. The van der Waals surface area contributed by atoms with E-state index in [-0.39, 0.29) is 22.6 Å². The Balaban J connectivity index is 2.08. The van der Waals surface area contributed by atoms with Crippen LogP contribution in [0.1, 0.15) is 17.0 Å². The van der Waals surface area contributed by atoms with Crippen LogP contribution < -0.4 is 4.74 Å². The fraction of sp³-hybridized carbons (Fsp3) is 0.217. The van der Waals surface area contributed by atoms with Gasteiger partial charge < -0.3 is 24.2 Å². The number of methoxy groups -OCH3 is 3. The number of carbonyl (C=O) groups is 2. The number of carbonyl (C=O) groups excluding carboxylic acids is 2. The summed E-state index contributed by atoms with van der Waals surface area (Å²) in [4.78, 5) is 27.0. The molecule has 0 bridgehead atoms. The van der Waals surface area contributed by atoms with Crippen molar-refractivity contribution in [3.05, 3.63) is 82.2 Å². The van der Waals surface area contributed by atoms with Crippen LogP contribution in [-0.4, -0.2) is 43.3 Å². The lowest BCUT2D eigenvalue weighted by molar-refractivity contribution is -0.137. The minimum Gasteiger partial charge on any atom is -0.504 e. The summed E-state index contributed by atoms with van der Waals surface area (Å²) in [7, 11) is 3.97. The smallest absolute Gasteiger partial charge is 0.336 e. The van der Waals surface area contributed by atoms with Crippen LogP contribution in [0.5, 0.6) is 11.5 Å². The van der Waals surface area contributed by atoms with Crippen molar-refractivity contribution in [3.63, 3.8) is 0 Å². The number of ether oxygens (including phenoxy) is 3. The Morgan fingerprint density at radius 3 is 2.03 bits per heavy atom. The lowest BCUT2D eigenvalue weighted by Crippen LogP contribution is -2.28. The van der Waals surface area contributed by atoms with Crippen LogP contribution in [0.25, 0.3) is 0 Å². The molecule has 0 saturated heterocycles. The maximum absolute atomic E-state index is 12.7. The average molecular weight is 444 g/mol. The predicted molar refractivity (Wildman–Crippen MR) is 115 cm³/mol. The lowest BCUT2D eigenvalue weighted by Gasteiger charge is -2.30. The summed E-state index contributed by atoms with van der Waals surface area (Å²) in [5.74, 6) is -1.84. The van der Waals surface area contributed by atoms with Gasteiger partial charge >= 0.3 is 11.9 Å². The molecular formula is C23H22ClNO6. The number of phenols is 1. The normalized spacial score (nSPS) is 13.9. The van der Waals surface area contributed by atoms with E-state index in [0.717, 1.165) is 5.56 Å². The number of nitrogens with zero attached hydrogens (tertiary/aromatic N) is 1. The third-order valence-corrected chi connectivity index (χ3v) is 5.14. The molecule has 0 radical (unpaired) electrons. The Labute approximate surface area is 185 Å². The first-order valence-corrected chi connectivity index (χ1v) is 9.72. The number of rotatable bonds is 6. The van der Waals surface area contributed by atoms with Gasteiger partial charge in [0.05, 0.1) is 38.4 Å². The highest BCUT2D eigenvalue weighted by molar-refractivity contribution is 6.30. The summed E-state index contributed by atoms with van der Waals surface area (Å²) in [5, 5.41) is 10.8. The van der Waals surface area contributed by atoms with Crippen molar-refractivity contribution in [1.82, 2.24) is 4.90 Å². The maximum Gasteiger partial charge on any atom is 0.336 e. The van der Waals surface area contributed by atoms with E-state index >= 15 is 0 Å². The van der Waals surface area contributed by atoms with E-state index in [4.69, 9.17) is 25.8 Å². The molecular weight excluding hydrogens is 422 g/mol. The minimum absolute atomic E-state index is 0.114. The molecule has 0 aromatic heterocycles. The molecule has 1 aliphatic heterocycles. The topological polar surface area (TPSA) is 85.3 Å². The maximum atomic E-state index is 12.7. The fourth-order valence-corrected chi connectivity index (χ4v) is 3.55. The molecule has 162 valence electrons. The number of hydrogen-bond donors (Lipinski definition) is 1. The lowest BCUT2D eigenvalue weighted by atomic mass is 9.83. The number of benzene rings is 2. The summed E-state index contributed by atoms with van der Waals surface area (Å²) < 4.78 is 15.0. The Hall–Kier alpha value is -3.45. The molecule has 1 N–H and O–H groups in total. The number of phenolic OH excluding ortho intramolecular Hbond substituents is 1. The quantitative estimate of drug-likeness (QED) is 0.680. The molecule has 0 aliphatic carbocycles. The molecule has 2 aromatic carbocycles. The summed E-state index contributed by atoms with van der Waals surface area (Å²) in [6.45, 7) is 0.388. The van der Waals surface area contributed by atoms with Crippen LogP contribution in [0.15, 0.2) is 66.0 Å². The molecule has 0 amide bonds. The number of aromatic hydroxyl groups is 1. The first-order valence-electron chi connectivity index (χ1n) is 9.35. The van der Waals surface area contributed by atoms with E-state index in [1.54, 1.807) is 41.6 Å². The second-order valence-electron chi connectivity index (χ2n) is 6.82. The van der Waals surface area contributed by atoms with Gasteiger partial charge in [-0.1, -0.05) is 29.8 Å². The molecule has 0 saturated carbocycles. The fourth-order valence-electron chi connectivity index (χ4n) is 3.43. The summed E-state index contributed by atoms with van der Waals surface area (Å²) in [5.41, 5.74) is 1.89. The first kappa shape index (κ1) is 22.2. The minimum atomic E-state index is -0.793. The van der Waals surface area contributed by atoms with Crippen molar-refractivity contribution < 1.29 is 28.9 Å².